The summed E-state index contributed by atoms with van der Waals surface area (Å²) in [5.74, 6) is -1.73. The molecule has 5 bridgehead atoms. The lowest BCUT2D eigenvalue weighted by Crippen LogP contribution is -2.61. The van der Waals surface area contributed by atoms with Gasteiger partial charge in [-0.25, -0.2) is 10.4 Å². The molecule has 5 rings (SSSR count). The third-order valence-corrected chi connectivity index (χ3v) is 9.01. The molecule has 2 aliphatic rings. The molecule has 3 amide bonds. The first kappa shape index (κ1) is 35.7. The van der Waals surface area contributed by atoms with Gasteiger partial charge in [0.05, 0.1) is 11.2 Å². The Kier molecular flexibility index (Phi) is 12.1. The molecule has 4 atom stereocenters. The molecule has 1 fully saturated rings. The normalized spacial score (nSPS) is 24.6. The van der Waals surface area contributed by atoms with Gasteiger partial charge in [-0.2, -0.15) is 0 Å². The third-order valence-electron chi connectivity index (χ3n) is 9.01. The van der Waals surface area contributed by atoms with E-state index in [-0.39, 0.29) is 24.2 Å². The van der Waals surface area contributed by atoms with Crippen LogP contribution < -0.4 is 16.1 Å². The molecule has 11 heteroatoms. The van der Waals surface area contributed by atoms with Crippen LogP contribution in [0, 0.1) is 5.92 Å². The summed E-state index contributed by atoms with van der Waals surface area (Å²) in [7, 11) is 0. The average Bonchev–Trinajstić information content (AvgIpc) is 3.10. The number of aromatic nitrogens is 1. The average molecular weight is 669 g/mol. The fourth-order valence-electron chi connectivity index (χ4n) is 6.14. The maximum absolute atomic E-state index is 13.4. The lowest BCUT2D eigenvalue weighted by molar-refractivity contribution is -0.157. The number of pyridine rings is 1. The van der Waals surface area contributed by atoms with Crippen molar-refractivity contribution in [1.82, 2.24) is 31.0 Å². The van der Waals surface area contributed by atoms with E-state index in [0.29, 0.717) is 38.2 Å². The van der Waals surface area contributed by atoms with E-state index in [0.717, 1.165) is 35.0 Å². The molecule has 1 aromatic heterocycles. The first-order valence-corrected chi connectivity index (χ1v) is 17.3. The predicted molar refractivity (Wildman–Crippen MR) is 188 cm³/mol. The zero-order valence-electron chi connectivity index (χ0n) is 28.9. The molecule has 0 spiro atoms. The van der Waals surface area contributed by atoms with Gasteiger partial charge in [-0.15, -0.1) is 0 Å². The Morgan fingerprint density at radius 2 is 1.71 bits per heavy atom. The molecule has 0 radical (unpaired) electrons. The molecule has 49 heavy (non-hydrogen) atoms. The maximum atomic E-state index is 13.4. The Labute approximate surface area is 288 Å². The van der Waals surface area contributed by atoms with E-state index in [1.54, 1.807) is 13.8 Å². The molecule has 11 nitrogen and oxygen atoms in total. The second kappa shape index (κ2) is 16.7. The summed E-state index contributed by atoms with van der Waals surface area (Å²) in [5, 5.41) is 8.04. The van der Waals surface area contributed by atoms with Crippen LogP contribution in [0.5, 0.6) is 0 Å². The lowest BCUT2D eigenvalue weighted by Gasteiger charge is -2.35. The molecule has 1 saturated heterocycles. The molecule has 2 aliphatic heterocycles. The summed E-state index contributed by atoms with van der Waals surface area (Å²) in [6, 6.07) is 17.6. The molecule has 3 aromatic rings. The summed E-state index contributed by atoms with van der Waals surface area (Å²) in [4.78, 5) is 60.2. The van der Waals surface area contributed by atoms with Crippen molar-refractivity contribution in [3.05, 3.63) is 83.6 Å². The van der Waals surface area contributed by atoms with Gasteiger partial charge in [-0.1, -0.05) is 74.5 Å². The minimum absolute atomic E-state index is 0.206. The van der Waals surface area contributed by atoms with Crippen LogP contribution in [0.15, 0.2) is 66.7 Å². The van der Waals surface area contributed by atoms with Crippen molar-refractivity contribution in [2.75, 3.05) is 19.6 Å². The summed E-state index contributed by atoms with van der Waals surface area (Å²) in [6.07, 6.45) is 5.66. The number of hydrogen-bond acceptors (Lipinski definition) is 8. The smallest absolute Gasteiger partial charge is 0.325 e. The first-order chi connectivity index (χ1) is 23.6. The van der Waals surface area contributed by atoms with Gasteiger partial charge in [-0.3, -0.25) is 29.1 Å². The number of carbonyl (C=O) groups is 4. The number of carbonyl (C=O) groups excluding carboxylic acids is 4. The van der Waals surface area contributed by atoms with Gasteiger partial charge in [0.2, 0.25) is 11.8 Å². The van der Waals surface area contributed by atoms with Crippen LogP contribution in [0.2, 0.25) is 0 Å². The van der Waals surface area contributed by atoms with Crippen molar-refractivity contribution in [3.8, 4) is 0 Å². The fourth-order valence-corrected chi connectivity index (χ4v) is 6.14. The number of cyclic esters (lactones) is 1. The van der Waals surface area contributed by atoms with Gasteiger partial charge in [-0.05, 0) is 62.3 Å². The highest BCUT2D eigenvalue weighted by atomic mass is 16.5. The van der Waals surface area contributed by atoms with Gasteiger partial charge in [0.25, 0.3) is 5.91 Å². The minimum atomic E-state index is -0.887. The maximum Gasteiger partial charge on any atom is 0.325 e. The number of benzene rings is 2. The molecule has 3 heterocycles. The standard InChI is InChI=1S/C38H48N6O5/c1-25(2)35-36(46)39-26(3)37(47)44-21-10-14-32(42-44)38(48)49-27(4)31-18-17-30-16-15-28(23-33(30)40-31)11-8-9-20-43(22-19-34(45)41-35)24-29-12-6-5-7-13-29/h5-8,11-13,15-18,23,25-27,32,35,42H,9-10,14,19-22,24H2,1-4H3,(H,39,46)(H,41,45)/b11-8+/t26-,27+,32-,35?/m0/s1. The van der Waals surface area contributed by atoms with Crippen molar-refractivity contribution in [3.63, 3.8) is 0 Å². The number of fused-ring (bicyclic) bond motifs is 4. The minimum Gasteiger partial charge on any atom is -0.455 e. The van der Waals surface area contributed by atoms with E-state index in [4.69, 9.17) is 9.72 Å². The summed E-state index contributed by atoms with van der Waals surface area (Å²) in [5.41, 5.74) is 6.59. The van der Waals surface area contributed by atoms with E-state index < -0.39 is 36.1 Å². The van der Waals surface area contributed by atoms with Gasteiger partial charge in [0.1, 0.15) is 24.2 Å². The van der Waals surface area contributed by atoms with Crippen LogP contribution >= 0.6 is 0 Å². The van der Waals surface area contributed by atoms with Crippen molar-refractivity contribution in [2.24, 2.45) is 5.92 Å². The second-order valence-corrected chi connectivity index (χ2v) is 13.3. The number of amides is 3. The molecular weight excluding hydrogens is 620 g/mol. The number of nitrogens with one attached hydrogen (secondary N) is 3. The van der Waals surface area contributed by atoms with Gasteiger partial charge in [0, 0.05) is 38.0 Å². The van der Waals surface area contributed by atoms with Gasteiger partial charge >= 0.3 is 5.97 Å². The van der Waals surface area contributed by atoms with Crippen LogP contribution in [-0.4, -0.2) is 76.3 Å². The molecule has 1 unspecified atom stereocenters. The van der Waals surface area contributed by atoms with Gasteiger partial charge < -0.3 is 15.4 Å². The van der Waals surface area contributed by atoms with Crippen LogP contribution in [0.25, 0.3) is 17.0 Å². The number of hydrogen-bond donors (Lipinski definition) is 3. The molecule has 3 N–H and O–H groups in total. The van der Waals surface area contributed by atoms with Crippen molar-refractivity contribution in [1.29, 1.82) is 0 Å². The molecule has 2 aromatic carbocycles. The third kappa shape index (κ3) is 9.73. The number of ether oxygens (including phenoxy) is 1. The Bertz CT molecular complexity index is 1660. The first-order valence-electron chi connectivity index (χ1n) is 17.3. The Morgan fingerprint density at radius 3 is 2.49 bits per heavy atom. The second-order valence-electron chi connectivity index (χ2n) is 13.3. The highest BCUT2D eigenvalue weighted by Crippen LogP contribution is 2.22. The monoisotopic (exact) mass is 668 g/mol. The van der Waals surface area contributed by atoms with E-state index >= 15 is 0 Å². The molecule has 0 saturated carbocycles. The van der Waals surface area contributed by atoms with Crippen LogP contribution in [0.1, 0.15) is 76.3 Å². The quantitative estimate of drug-likeness (QED) is 0.353. The fraction of sp³-hybridized carbons (Fsp3) is 0.447. The van der Waals surface area contributed by atoms with E-state index in [9.17, 15) is 19.2 Å². The summed E-state index contributed by atoms with van der Waals surface area (Å²) >= 11 is 0. The van der Waals surface area contributed by atoms with Crippen LogP contribution in [0.4, 0.5) is 0 Å². The number of rotatable bonds is 3. The van der Waals surface area contributed by atoms with Crippen molar-refractivity contribution < 1.29 is 23.9 Å². The molecule has 260 valence electrons. The zero-order valence-corrected chi connectivity index (χ0v) is 28.9. The Balaban J connectivity index is 1.39. The number of nitrogens with zero attached hydrogens (tertiary/aromatic N) is 3. The van der Waals surface area contributed by atoms with Gasteiger partial charge in [0.15, 0.2) is 0 Å². The van der Waals surface area contributed by atoms with Crippen LogP contribution in [-0.2, 0) is 30.5 Å². The zero-order chi connectivity index (χ0) is 34.9. The largest absolute Gasteiger partial charge is 0.455 e. The SMILES string of the molecule is CC(C)C1NC(=O)CCN(Cc2ccccc2)CC/C=C/c2ccc3ccc(nc3c2)[C@@H](C)OC(=O)[C@@H]2CCCN(N2)C(=O)[C@H](C)NC1=O. The number of esters is 1. The Morgan fingerprint density at radius 1 is 0.939 bits per heavy atom. The summed E-state index contributed by atoms with van der Waals surface area (Å²) in [6.45, 7) is 9.42. The molecular formula is C38H48N6O5. The summed E-state index contributed by atoms with van der Waals surface area (Å²) < 4.78 is 5.82. The Hall–Kier alpha value is -4.61. The van der Waals surface area contributed by atoms with E-state index in [1.807, 2.05) is 62.4 Å². The number of hydrazine groups is 1. The van der Waals surface area contributed by atoms with E-state index in [1.165, 1.54) is 5.01 Å². The topological polar surface area (TPSA) is 133 Å². The predicted octanol–water partition coefficient (Wildman–Crippen LogP) is 4.29. The van der Waals surface area contributed by atoms with Crippen molar-refractivity contribution in [2.45, 2.75) is 84.2 Å². The van der Waals surface area contributed by atoms with Crippen LogP contribution in [0.3, 0.4) is 0 Å². The van der Waals surface area contributed by atoms with E-state index in [2.05, 4.69) is 45.2 Å². The molecule has 0 aliphatic carbocycles. The lowest BCUT2D eigenvalue weighted by atomic mass is 10.0. The highest BCUT2D eigenvalue weighted by molar-refractivity contribution is 5.92. The van der Waals surface area contributed by atoms with Crippen molar-refractivity contribution >= 4 is 40.7 Å². The highest BCUT2D eigenvalue weighted by Gasteiger charge is 2.34.